The first-order valence-corrected chi connectivity index (χ1v) is 4.95. The molecule has 88 valence electrons. The van der Waals surface area contributed by atoms with Crippen molar-refractivity contribution in [3.8, 4) is 5.75 Å². The number of hydrogen-bond acceptors (Lipinski definition) is 4. The molecule has 1 heterocycles. The molecular weight excluding hydrogens is 222 g/mol. The van der Waals surface area contributed by atoms with Crippen molar-refractivity contribution in [2.75, 3.05) is 5.32 Å². The van der Waals surface area contributed by atoms with E-state index in [1.165, 1.54) is 6.07 Å². The van der Waals surface area contributed by atoms with Crippen LogP contribution in [0.15, 0.2) is 33.9 Å². The quantitative estimate of drug-likeness (QED) is 0.577. The average molecular weight is 233 g/mol. The van der Waals surface area contributed by atoms with Crippen molar-refractivity contribution in [2.45, 2.75) is 6.92 Å². The Kier molecular flexibility index (Phi) is 2.70. The van der Waals surface area contributed by atoms with Gasteiger partial charge in [0.25, 0.3) is 5.56 Å². The van der Waals surface area contributed by atoms with Gasteiger partial charge in [0.1, 0.15) is 11.6 Å². The fraction of sp³-hybridized carbons (Fsp3) is 0.0909. The minimum absolute atomic E-state index is 0.0473. The number of rotatable bonds is 2. The van der Waals surface area contributed by atoms with Crippen molar-refractivity contribution in [3.05, 3.63) is 50.7 Å². The number of aromatic hydroxyl groups is 1. The van der Waals surface area contributed by atoms with Crippen molar-refractivity contribution in [1.82, 2.24) is 9.97 Å². The fourth-order valence-corrected chi connectivity index (χ4v) is 1.43. The highest BCUT2D eigenvalue weighted by Crippen LogP contribution is 2.25. The van der Waals surface area contributed by atoms with Gasteiger partial charge in [-0.3, -0.25) is 14.8 Å². The van der Waals surface area contributed by atoms with E-state index in [2.05, 4.69) is 15.3 Å². The Hall–Kier alpha value is -2.50. The molecule has 17 heavy (non-hydrogen) atoms. The van der Waals surface area contributed by atoms with E-state index >= 15 is 0 Å². The van der Waals surface area contributed by atoms with E-state index in [9.17, 15) is 14.7 Å². The van der Waals surface area contributed by atoms with Gasteiger partial charge in [-0.2, -0.15) is 0 Å². The molecule has 1 aromatic heterocycles. The van der Waals surface area contributed by atoms with Gasteiger partial charge in [-0.15, -0.1) is 0 Å². The minimum Gasteiger partial charge on any atom is -0.506 e. The molecule has 0 aliphatic carbocycles. The molecule has 0 bridgehead atoms. The molecule has 0 fully saturated rings. The Morgan fingerprint density at radius 2 is 1.94 bits per heavy atom. The maximum Gasteiger partial charge on any atom is 0.327 e. The highest BCUT2D eigenvalue weighted by molar-refractivity contribution is 5.63. The summed E-state index contributed by atoms with van der Waals surface area (Å²) in [4.78, 5) is 26.5. The number of nitrogens with one attached hydrogen (secondary N) is 3. The van der Waals surface area contributed by atoms with Crippen LogP contribution < -0.4 is 16.6 Å². The number of H-pyrrole nitrogens is 2. The van der Waals surface area contributed by atoms with Gasteiger partial charge in [-0.1, -0.05) is 6.07 Å². The molecule has 0 atom stereocenters. The molecule has 6 heteroatoms. The van der Waals surface area contributed by atoms with Crippen LogP contribution in [0.4, 0.5) is 11.5 Å². The monoisotopic (exact) mass is 233 g/mol. The molecule has 0 aliphatic heterocycles. The molecule has 2 rings (SSSR count). The Balaban J connectivity index is 2.37. The standard InChI is InChI=1S/C11H11N3O3/c1-6-2-3-7(8(15)4-6)12-9-5-10(16)14-11(17)13-9/h2-5,15H,1H3,(H3,12,13,14,16,17). The lowest BCUT2D eigenvalue weighted by Crippen LogP contribution is -2.22. The molecule has 0 unspecified atom stereocenters. The molecule has 0 saturated heterocycles. The van der Waals surface area contributed by atoms with Crippen LogP contribution in [0, 0.1) is 6.92 Å². The third-order valence-corrected chi connectivity index (χ3v) is 2.18. The maximum absolute atomic E-state index is 11.1. The first kappa shape index (κ1) is 11.0. The van der Waals surface area contributed by atoms with Gasteiger partial charge < -0.3 is 10.4 Å². The van der Waals surface area contributed by atoms with E-state index < -0.39 is 11.2 Å². The Bertz CT molecular complexity index is 629. The van der Waals surface area contributed by atoms with Crippen LogP contribution in [0.25, 0.3) is 0 Å². The summed E-state index contributed by atoms with van der Waals surface area (Å²) >= 11 is 0. The molecule has 6 nitrogen and oxygen atoms in total. The third kappa shape index (κ3) is 2.54. The van der Waals surface area contributed by atoms with E-state index in [1.807, 2.05) is 6.92 Å². The molecule has 0 amide bonds. The van der Waals surface area contributed by atoms with Gasteiger partial charge in [0.05, 0.1) is 5.69 Å². The van der Waals surface area contributed by atoms with Crippen LogP contribution in [-0.4, -0.2) is 15.1 Å². The highest BCUT2D eigenvalue weighted by Gasteiger charge is 2.02. The molecule has 1 aromatic carbocycles. The molecule has 0 radical (unpaired) electrons. The summed E-state index contributed by atoms with van der Waals surface area (Å²) in [6.45, 7) is 1.85. The summed E-state index contributed by atoms with van der Waals surface area (Å²) in [5.74, 6) is 0.268. The van der Waals surface area contributed by atoms with Crippen molar-refractivity contribution >= 4 is 11.5 Å². The minimum atomic E-state index is -0.605. The van der Waals surface area contributed by atoms with Crippen LogP contribution >= 0.6 is 0 Å². The molecule has 2 aromatic rings. The van der Waals surface area contributed by atoms with E-state index in [-0.39, 0.29) is 11.6 Å². The predicted molar refractivity (Wildman–Crippen MR) is 63.8 cm³/mol. The van der Waals surface area contributed by atoms with Crippen LogP contribution in [0.1, 0.15) is 5.56 Å². The summed E-state index contributed by atoms with van der Waals surface area (Å²) in [6, 6.07) is 6.23. The zero-order valence-electron chi connectivity index (χ0n) is 9.07. The van der Waals surface area contributed by atoms with Crippen LogP contribution in [-0.2, 0) is 0 Å². The number of aromatic amines is 2. The largest absolute Gasteiger partial charge is 0.506 e. The van der Waals surface area contributed by atoms with E-state index in [0.717, 1.165) is 5.56 Å². The number of phenols is 1. The second kappa shape index (κ2) is 4.17. The van der Waals surface area contributed by atoms with Crippen molar-refractivity contribution in [3.63, 3.8) is 0 Å². The third-order valence-electron chi connectivity index (χ3n) is 2.18. The second-order valence-electron chi connectivity index (χ2n) is 3.65. The Morgan fingerprint density at radius 1 is 1.18 bits per heavy atom. The second-order valence-corrected chi connectivity index (χ2v) is 3.65. The number of hydrogen-bond donors (Lipinski definition) is 4. The maximum atomic E-state index is 11.1. The summed E-state index contributed by atoms with van der Waals surface area (Å²) in [5.41, 5.74) is 0.207. The molecule has 0 aliphatic rings. The summed E-state index contributed by atoms with van der Waals surface area (Å²) in [7, 11) is 0. The predicted octanol–water partition coefficient (Wildman–Crippen LogP) is 0.821. The Labute approximate surface area is 96.0 Å². The summed E-state index contributed by atoms with van der Waals surface area (Å²) in [6.07, 6.45) is 0. The average Bonchev–Trinajstić information content (AvgIpc) is 2.21. The van der Waals surface area contributed by atoms with Crippen molar-refractivity contribution in [1.29, 1.82) is 0 Å². The molecular formula is C11H11N3O3. The zero-order valence-corrected chi connectivity index (χ0v) is 9.07. The Morgan fingerprint density at radius 3 is 2.59 bits per heavy atom. The van der Waals surface area contributed by atoms with Crippen LogP contribution in [0.5, 0.6) is 5.75 Å². The topological polar surface area (TPSA) is 98.0 Å². The number of anilines is 2. The number of benzene rings is 1. The van der Waals surface area contributed by atoms with Crippen LogP contribution in [0.2, 0.25) is 0 Å². The first-order chi connectivity index (χ1) is 8.04. The van der Waals surface area contributed by atoms with Gasteiger partial charge in [0, 0.05) is 6.07 Å². The molecule has 0 saturated carbocycles. The number of aryl methyl sites for hydroxylation is 1. The highest BCUT2D eigenvalue weighted by atomic mass is 16.3. The normalized spacial score (nSPS) is 10.2. The lowest BCUT2D eigenvalue weighted by atomic mass is 10.2. The molecule has 0 spiro atoms. The zero-order chi connectivity index (χ0) is 12.4. The van der Waals surface area contributed by atoms with E-state index in [0.29, 0.717) is 5.69 Å². The van der Waals surface area contributed by atoms with E-state index in [1.54, 1.807) is 18.2 Å². The van der Waals surface area contributed by atoms with Crippen LogP contribution in [0.3, 0.4) is 0 Å². The SMILES string of the molecule is Cc1ccc(Nc2cc(=O)[nH]c(=O)[nH]2)c(O)c1. The number of aromatic nitrogens is 2. The smallest absolute Gasteiger partial charge is 0.327 e. The van der Waals surface area contributed by atoms with Gasteiger partial charge in [-0.25, -0.2) is 4.79 Å². The fourth-order valence-electron chi connectivity index (χ4n) is 1.43. The summed E-state index contributed by atoms with van der Waals surface area (Å²) < 4.78 is 0. The van der Waals surface area contributed by atoms with Gasteiger partial charge >= 0.3 is 5.69 Å². The van der Waals surface area contributed by atoms with Crippen molar-refractivity contribution < 1.29 is 5.11 Å². The van der Waals surface area contributed by atoms with Gasteiger partial charge in [0.15, 0.2) is 0 Å². The molecule has 4 N–H and O–H groups in total. The van der Waals surface area contributed by atoms with Gasteiger partial charge in [0.2, 0.25) is 0 Å². The number of phenolic OH excluding ortho intramolecular Hbond substituents is 1. The van der Waals surface area contributed by atoms with E-state index in [4.69, 9.17) is 0 Å². The summed E-state index contributed by atoms with van der Waals surface area (Å²) in [5, 5.41) is 12.4. The van der Waals surface area contributed by atoms with Crippen molar-refractivity contribution in [2.24, 2.45) is 0 Å². The van der Waals surface area contributed by atoms with Gasteiger partial charge in [-0.05, 0) is 24.6 Å². The lowest BCUT2D eigenvalue weighted by molar-refractivity contribution is 0.477. The first-order valence-electron chi connectivity index (χ1n) is 4.95. The lowest BCUT2D eigenvalue weighted by Gasteiger charge is -2.07.